The van der Waals surface area contributed by atoms with Gasteiger partial charge in [0, 0.05) is 12.5 Å². The molecule has 1 aliphatic rings. The number of unbranched alkanes of at least 4 members (excludes halogenated alkanes) is 1. The maximum absolute atomic E-state index is 12.4. The van der Waals surface area contributed by atoms with Crippen molar-refractivity contribution in [3.63, 3.8) is 0 Å². The van der Waals surface area contributed by atoms with Crippen LogP contribution < -0.4 is 14.8 Å². The van der Waals surface area contributed by atoms with Crippen molar-refractivity contribution in [2.75, 3.05) is 20.8 Å². The van der Waals surface area contributed by atoms with E-state index >= 15 is 0 Å². The average molecular weight is 363 g/mol. The third-order valence-electron chi connectivity index (χ3n) is 5.45. The zero-order valence-corrected chi connectivity index (χ0v) is 16.3. The molecule has 0 heterocycles. The minimum Gasteiger partial charge on any atom is -0.493 e. The highest BCUT2D eigenvalue weighted by Crippen LogP contribution is 2.32. The number of methoxy groups -OCH3 is 2. The van der Waals surface area contributed by atoms with Crippen LogP contribution in [-0.2, 0) is 4.79 Å². The number of carbonyl (C=O) groups is 1. The molecule has 0 spiro atoms. The van der Waals surface area contributed by atoms with Crippen LogP contribution in [0.25, 0.3) is 0 Å². The van der Waals surface area contributed by atoms with Crippen molar-refractivity contribution in [3.05, 3.63) is 23.8 Å². The minimum absolute atomic E-state index is 0.0680. The summed E-state index contributed by atoms with van der Waals surface area (Å²) >= 11 is 0. The molecule has 2 N–H and O–H groups in total. The molecule has 0 saturated heterocycles. The Morgan fingerprint density at radius 1 is 1.19 bits per heavy atom. The molecule has 1 unspecified atom stereocenters. The molecule has 146 valence electrons. The zero-order chi connectivity index (χ0) is 18.9. The first kappa shape index (κ1) is 20.6. The summed E-state index contributed by atoms with van der Waals surface area (Å²) in [5.74, 6) is 2.13. The second-order valence-electron chi connectivity index (χ2n) is 7.24. The first-order chi connectivity index (χ1) is 12.6. The number of nitrogens with one attached hydrogen (secondary N) is 1. The molecule has 1 saturated carbocycles. The second-order valence-corrected chi connectivity index (χ2v) is 7.24. The van der Waals surface area contributed by atoms with Crippen molar-refractivity contribution in [1.29, 1.82) is 0 Å². The van der Waals surface area contributed by atoms with Crippen LogP contribution >= 0.6 is 0 Å². The lowest BCUT2D eigenvalue weighted by Crippen LogP contribution is -2.35. The van der Waals surface area contributed by atoms with Gasteiger partial charge in [0.1, 0.15) is 0 Å². The standard InChI is InChI=1S/C21H33NO4/c1-4-5-6-15-7-9-16(10-8-15)21(24)22-14-18(23)17-11-12-19(25-2)20(13-17)26-3/h11-13,15-16,18,23H,4-10,14H2,1-3H3,(H,22,24). The Balaban J connectivity index is 1.80. The molecule has 2 rings (SSSR count). The lowest BCUT2D eigenvalue weighted by Gasteiger charge is -2.28. The summed E-state index contributed by atoms with van der Waals surface area (Å²) < 4.78 is 10.5. The second kappa shape index (κ2) is 10.4. The van der Waals surface area contributed by atoms with E-state index in [2.05, 4.69) is 12.2 Å². The lowest BCUT2D eigenvalue weighted by molar-refractivity contribution is -0.126. The van der Waals surface area contributed by atoms with E-state index in [0.717, 1.165) is 31.6 Å². The lowest BCUT2D eigenvalue weighted by atomic mass is 9.79. The molecule has 0 aromatic heterocycles. The van der Waals surface area contributed by atoms with Crippen LogP contribution in [0.2, 0.25) is 0 Å². The van der Waals surface area contributed by atoms with Gasteiger partial charge in [-0.15, -0.1) is 0 Å². The van der Waals surface area contributed by atoms with Gasteiger partial charge in [0.15, 0.2) is 11.5 Å². The minimum atomic E-state index is -0.764. The molecular weight excluding hydrogens is 330 g/mol. The molecule has 1 amide bonds. The highest BCUT2D eigenvalue weighted by Gasteiger charge is 2.26. The zero-order valence-electron chi connectivity index (χ0n) is 16.3. The maximum atomic E-state index is 12.4. The highest BCUT2D eigenvalue weighted by atomic mass is 16.5. The monoisotopic (exact) mass is 363 g/mol. The summed E-state index contributed by atoms with van der Waals surface area (Å²) in [6.07, 6.45) is 7.29. The normalized spacial score (nSPS) is 21.1. The molecule has 1 aliphatic carbocycles. The van der Waals surface area contributed by atoms with E-state index in [9.17, 15) is 9.90 Å². The Morgan fingerprint density at radius 2 is 1.88 bits per heavy atom. The van der Waals surface area contributed by atoms with Crippen molar-refractivity contribution in [3.8, 4) is 11.5 Å². The van der Waals surface area contributed by atoms with Gasteiger partial charge in [-0.1, -0.05) is 32.3 Å². The summed E-state index contributed by atoms with van der Waals surface area (Å²) in [7, 11) is 3.14. The fourth-order valence-corrected chi connectivity index (χ4v) is 3.73. The van der Waals surface area contributed by atoms with Gasteiger partial charge >= 0.3 is 0 Å². The first-order valence-corrected chi connectivity index (χ1v) is 9.76. The van der Waals surface area contributed by atoms with Gasteiger partial charge in [0.25, 0.3) is 0 Å². The summed E-state index contributed by atoms with van der Waals surface area (Å²) in [6.45, 7) is 2.44. The van der Waals surface area contributed by atoms with Crippen LogP contribution in [0.15, 0.2) is 18.2 Å². The SMILES string of the molecule is CCCCC1CCC(C(=O)NCC(O)c2ccc(OC)c(OC)c2)CC1. The number of hydrogen-bond acceptors (Lipinski definition) is 4. The summed E-state index contributed by atoms with van der Waals surface area (Å²) in [4.78, 5) is 12.4. The van der Waals surface area contributed by atoms with E-state index in [1.165, 1.54) is 19.3 Å². The number of ether oxygens (including phenoxy) is 2. The third kappa shape index (κ3) is 5.63. The van der Waals surface area contributed by atoms with Crippen molar-refractivity contribution >= 4 is 5.91 Å². The quantitative estimate of drug-likeness (QED) is 0.699. The molecule has 0 radical (unpaired) electrons. The fourth-order valence-electron chi connectivity index (χ4n) is 3.73. The Labute approximate surface area is 157 Å². The van der Waals surface area contributed by atoms with Gasteiger partial charge in [0.05, 0.1) is 20.3 Å². The number of benzene rings is 1. The summed E-state index contributed by atoms with van der Waals surface area (Å²) in [5.41, 5.74) is 0.700. The van der Waals surface area contributed by atoms with Gasteiger partial charge in [0.2, 0.25) is 5.91 Å². The molecule has 0 bridgehead atoms. The number of rotatable bonds is 9. The van der Waals surface area contributed by atoms with Crippen LogP contribution in [0, 0.1) is 11.8 Å². The largest absolute Gasteiger partial charge is 0.493 e. The Hall–Kier alpha value is -1.75. The van der Waals surface area contributed by atoms with Gasteiger partial charge < -0.3 is 19.9 Å². The molecule has 5 nitrogen and oxygen atoms in total. The molecule has 0 aliphatic heterocycles. The van der Waals surface area contributed by atoms with E-state index in [4.69, 9.17) is 9.47 Å². The molecule has 1 atom stereocenters. The van der Waals surface area contributed by atoms with E-state index in [0.29, 0.717) is 17.1 Å². The van der Waals surface area contributed by atoms with Crippen LogP contribution in [-0.4, -0.2) is 31.8 Å². The van der Waals surface area contributed by atoms with E-state index < -0.39 is 6.10 Å². The number of hydrogen-bond donors (Lipinski definition) is 2. The topological polar surface area (TPSA) is 67.8 Å². The first-order valence-electron chi connectivity index (χ1n) is 9.76. The molecule has 1 aromatic carbocycles. The third-order valence-corrected chi connectivity index (χ3v) is 5.45. The van der Waals surface area contributed by atoms with Gasteiger partial charge in [-0.25, -0.2) is 0 Å². The molecule has 1 aromatic rings. The van der Waals surface area contributed by atoms with Crippen molar-refractivity contribution < 1.29 is 19.4 Å². The van der Waals surface area contributed by atoms with Crippen LogP contribution in [0.3, 0.4) is 0 Å². The summed E-state index contributed by atoms with van der Waals surface area (Å²) in [6, 6.07) is 5.29. The van der Waals surface area contributed by atoms with Crippen molar-refractivity contribution in [2.45, 2.75) is 58.0 Å². The highest BCUT2D eigenvalue weighted by molar-refractivity contribution is 5.78. The number of amides is 1. The number of carbonyl (C=O) groups excluding carboxylic acids is 1. The predicted molar refractivity (Wildman–Crippen MR) is 102 cm³/mol. The fraction of sp³-hybridized carbons (Fsp3) is 0.667. The smallest absolute Gasteiger partial charge is 0.223 e. The van der Waals surface area contributed by atoms with Gasteiger partial charge in [-0.3, -0.25) is 4.79 Å². The van der Waals surface area contributed by atoms with Gasteiger partial charge in [-0.05, 0) is 49.3 Å². The van der Waals surface area contributed by atoms with Crippen molar-refractivity contribution in [2.24, 2.45) is 11.8 Å². The van der Waals surface area contributed by atoms with Crippen LogP contribution in [0.5, 0.6) is 11.5 Å². The molecule has 26 heavy (non-hydrogen) atoms. The average Bonchev–Trinajstić information content (AvgIpc) is 2.69. The summed E-state index contributed by atoms with van der Waals surface area (Å²) in [5, 5.41) is 13.3. The van der Waals surface area contributed by atoms with E-state index in [1.54, 1.807) is 32.4 Å². The van der Waals surface area contributed by atoms with Crippen LogP contribution in [0.1, 0.15) is 63.5 Å². The van der Waals surface area contributed by atoms with E-state index in [1.807, 2.05) is 0 Å². The maximum Gasteiger partial charge on any atom is 0.223 e. The molecular formula is C21H33NO4. The number of aliphatic hydroxyl groups is 1. The Morgan fingerprint density at radius 3 is 2.50 bits per heavy atom. The van der Waals surface area contributed by atoms with Crippen molar-refractivity contribution in [1.82, 2.24) is 5.32 Å². The Kier molecular flexibility index (Phi) is 8.23. The Bertz CT molecular complexity index is 567. The van der Waals surface area contributed by atoms with E-state index in [-0.39, 0.29) is 18.4 Å². The molecule has 5 heteroatoms. The molecule has 1 fully saturated rings. The number of aliphatic hydroxyl groups excluding tert-OH is 1. The predicted octanol–water partition coefficient (Wildman–Crippen LogP) is 3.85. The van der Waals surface area contributed by atoms with Gasteiger partial charge in [-0.2, -0.15) is 0 Å². The van der Waals surface area contributed by atoms with Crippen LogP contribution in [0.4, 0.5) is 0 Å².